The highest BCUT2D eigenvalue weighted by Gasteiger charge is 2.08. The molecule has 88 valence electrons. The predicted octanol–water partition coefficient (Wildman–Crippen LogP) is 4.69. The summed E-state index contributed by atoms with van der Waals surface area (Å²) in [7, 11) is 0. The number of fused-ring (bicyclic) bond motifs is 1. The molecule has 0 atom stereocenters. The molecule has 0 spiro atoms. The highest BCUT2D eigenvalue weighted by Crippen LogP contribution is 2.29. The summed E-state index contributed by atoms with van der Waals surface area (Å²) < 4.78 is 0. The number of hydrogen-bond donors (Lipinski definition) is 0. The molecule has 0 heteroatoms. The minimum Gasteiger partial charge on any atom is -0.0622 e. The van der Waals surface area contributed by atoms with Gasteiger partial charge in [-0.25, -0.2) is 0 Å². The lowest BCUT2D eigenvalue weighted by Gasteiger charge is -2.02. The van der Waals surface area contributed by atoms with Gasteiger partial charge in [0, 0.05) is 0 Å². The van der Waals surface area contributed by atoms with Crippen LogP contribution in [-0.2, 0) is 6.42 Å². The van der Waals surface area contributed by atoms with Crippen LogP contribution in [-0.4, -0.2) is 0 Å². The number of rotatable bonds is 2. The Bertz CT molecular complexity index is 623. The Morgan fingerprint density at radius 1 is 0.778 bits per heavy atom. The molecule has 1 aromatic rings. The first-order chi connectivity index (χ1) is 8.83. The molecule has 0 amide bonds. The zero-order chi connectivity index (χ0) is 12.4. The fourth-order valence-electron chi connectivity index (χ4n) is 2.44. The zero-order valence-electron chi connectivity index (χ0n) is 10.6. The Hall–Kier alpha value is -2.08. The molecule has 1 aromatic carbocycles. The van der Waals surface area contributed by atoms with E-state index in [1.165, 1.54) is 27.8 Å². The molecule has 0 N–H and O–H groups in total. The molecule has 0 radical (unpaired) electrons. The fraction of sp³-hybridized carbons (Fsp3) is 0.111. The van der Waals surface area contributed by atoms with E-state index in [1.54, 1.807) is 0 Å². The molecule has 0 heterocycles. The molecule has 0 nitrogen and oxygen atoms in total. The lowest BCUT2D eigenvalue weighted by Crippen LogP contribution is -1.86. The van der Waals surface area contributed by atoms with Crippen LogP contribution in [0.2, 0.25) is 0 Å². The minimum absolute atomic E-state index is 1.01. The fourth-order valence-corrected chi connectivity index (χ4v) is 2.44. The summed E-state index contributed by atoms with van der Waals surface area (Å²) in [5.41, 5.74) is 6.79. The van der Waals surface area contributed by atoms with Gasteiger partial charge in [0.2, 0.25) is 0 Å². The van der Waals surface area contributed by atoms with Crippen molar-refractivity contribution in [2.45, 2.75) is 13.3 Å². The average molecular weight is 232 g/mol. The van der Waals surface area contributed by atoms with Gasteiger partial charge in [0.25, 0.3) is 0 Å². The average Bonchev–Trinajstić information content (AvgIpc) is 2.64. The van der Waals surface area contributed by atoms with Crippen LogP contribution in [0.15, 0.2) is 66.7 Å². The summed E-state index contributed by atoms with van der Waals surface area (Å²) in [5, 5.41) is 0. The number of aryl methyl sites for hydroxylation is 1. The highest BCUT2D eigenvalue weighted by atomic mass is 14.1. The first-order valence-electron chi connectivity index (χ1n) is 6.35. The summed E-state index contributed by atoms with van der Waals surface area (Å²) >= 11 is 0. The molecular weight excluding hydrogens is 216 g/mol. The monoisotopic (exact) mass is 232 g/mol. The lowest BCUT2D eigenvalue weighted by atomic mass is 10.0. The molecule has 0 saturated heterocycles. The third-order valence-electron chi connectivity index (χ3n) is 3.36. The molecule has 0 aromatic heterocycles. The van der Waals surface area contributed by atoms with E-state index in [0.717, 1.165) is 6.42 Å². The number of benzene rings is 1. The third-order valence-corrected chi connectivity index (χ3v) is 3.36. The van der Waals surface area contributed by atoms with Crippen LogP contribution in [0.4, 0.5) is 0 Å². The van der Waals surface area contributed by atoms with Crippen LogP contribution in [0.3, 0.4) is 0 Å². The van der Waals surface area contributed by atoms with Crippen molar-refractivity contribution in [3.05, 3.63) is 83.4 Å². The van der Waals surface area contributed by atoms with E-state index >= 15 is 0 Å². The van der Waals surface area contributed by atoms with Crippen LogP contribution in [0.25, 0.3) is 11.1 Å². The summed E-state index contributed by atoms with van der Waals surface area (Å²) in [5.74, 6) is 0. The van der Waals surface area contributed by atoms with Crippen LogP contribution < -0.4 is 0 Å². The molecule has 0 aliphatic heterocycles. The van der Waals surface area contributed by atoms with Crippen LogP contribution >= 0.6 is 0 Å². The standard InChI is InChI=1S/C18H16/c1-14-6-5-9-18-16(12-14)10-11-17(18)13-15-7-3-2-4-8-15/h2-12H,13H2,1H3. The molecule has 0 saturated carbocycles. The second-order valence-corrected chi connectivity index (χ2v) is 4.80. The Morgan fingerprint density at radius 2 is 1.61 bits per heavy atom. The van der Waals surface area contributed by atoms with Gasteiger partial charge in [-0.1, -0.05) is 72.3 Å². The first-order valence-corrected chi connectivity index (χ1v) is 6.35. The van der Waals surface area contributed by atoms with Gasteiger partial charge < -0.3 is 0 Å². The quantitative estimate of drug-likeness (QED) is 0.601. The Labute approximate surface area is 108 Å². The van der Waals surface area contributed by atoms with E-state index in [2.05, 4.69) is 73.7 Å². The van der Waals surface area contributed by atoms with Crippen LogP contribution in [0, 0.1) is 6.92 Å². The van der Waals surface area contributed by atoms with Crippen molar-refractivity contribution in [3.8, 4) is 11.1 Å². The molecule has 0 fully saturated rings. The van der Waals surface area contributed by atoms with Crippen molar-refractivity contribution >= 4 is 0 Å². The maximum Gasteiger partial charge on any atom is -0.00196 e. The topological polar surface area (TPSA) is 0 Å². The van der Waals surface area contributed by atoms with Crippen molar-refractivity contribution in [3.63, 3.8) is 0 Å². The summed E-state index contributed by atoms with van der Waals surface area (Å²) in [6.45, 7) is 2.14. The first kappa shape index (κ1) is 11.0. The molecule has 2 aliphatic carbocycles. The van der Waals surface area contributed by atoms with E-state index in [4.69, 9.17) is 0 Å². The molecule has 0 bridgehead atoms. The number of hydrogen-bond acceptors (Lipinski definition) is 0. The van der Waals surface area contributed by atoms with Gasteiger partial charge in [-0.05, 0) is 35.6 Å². The molecular formula is C18H16. The molecule has 3 rings (SSSR count). The smallest absolute Gasteiger partial charge is 0.00196 e. The molecule has 2 aliphatic rings. The van der Waals surface area contributed by atoms with E-state index in [9.17, 15) is 0 Å². The molecule has 18 heavy (non-hydrogen) atoms. The highest BCUT2D eigenvalue weighted by molar-refractivity contribution is 5.71. The lowest BCUT2D eigenvalue weighted by molar-refractivity contribution is 1.21. The largest absolute Gasteiger partial charge is 0.0622 e. The zero-order valence-corrected chi connectivity index (χ0v) is 10.6. The summed E-state index contributed by atoms with van der Waals surface area (Å²) in [4.78, 5) is 0. The second-order valence-electron chi connectivity index (χ2n) is 4.80. The van der Waals surface area contributed by atoms with Gasteiger partial charge in [0.15, 0.2) is 0 Å². The maximum absolute atomic E-state index is 2.25. The Kier molecular flexibility index (Phi) is 2.85. The normalized spacial score (nSPS) is 10.7. The van der Waals surface area contributed by atoms with E-state index in [-0.39, 0.29) is 0 Å². The van der Waals surface area contributed by atoms with Gasteiger partial charge in [-0.3, -0.25) is 0 Å². The van der Waals surface area contributed by atoms with E-state index in [0.29, 0.717) is 0 Å². The Balaban J connectivity index is 1.99. The van der Waals surface area contributed by atoms with Crippen molar-refractivity contribution in [1.29, 1.82) is 0 Å². The molecule has 0 unspecified atom stereocenters. The second kappa shape index (κ2) is 4.66. The minimum atomic E-state index is 1.01. The van der Waals surface area contributed by atoms with Gasteiger partial charge in [0.1, 0.15) is 0 Å². The van der Waals surface area contributed by atoms with Gasteiger partial charge in [0.05, 0.1) is 0 Å². The van der Waals surface area contributed by atoms with Gasteiger partial charge >= 0.3 is 0 Å². The van der Waals surface area contributed by atoms with Gasteiger partial charge in [-0.15, -0.1) is 0 Å². The maximum atomic E-state index is 2.25. The van der Waals surface area contributed by atoms with E-state index in [1.807, 2.05) is 0 Å². The Morgan fingerprint density at radius 3 is 2.44 bits per heavy atom. The van der Waals surface area contributed by atoms with Crippen LogP contribution in [0.5, 0.6) is 0 Å². The predicted molar refractivity (Wildman–Crippen MR) is 77.0 cm³/mol. The SMILES string of the molecule is Cc1cccc2c(Cc3ccccc3)ccc-2c1. The van der Waals surface area contributed by atoms with Crippen molar-refractivity contribution in [1.82, 2.24) is 0 Å². The van der Waals surface area contributed by atoms with E-state index < -0.39 is 0 Å². The van der Waals surface area contributed by atoms with Crippen molar-refractivity contribution < 1.29 is 0 Å². The summed E-state index contributed by atoms with van der Waals surface area (Å²) in [6.07, 6.45) is 1.01. The van der Waals surface area contributed by atoms with Crippen LogP contribution in [0.1, 0.15) is 16.7 Å². The third kappa shape index (κ3) is 2.14. The van der Waals surface area contributed by atoms with Gasteiger partial charge in [-0.2, -0.15) is 0 Å². The van der Waals surface area contributed by atoms with Crippen molar-refractivity contribution in [2.24, 2.45) is 0 Å². The summed E-state index contributed by atoms with van der Waals surface area (Å²) in [6, 6.07) is 23.9. The van der Waals surface area contributed by atoms with Crippen molar-refractivity contribution in [2.75, 3.05) is 0 Å².